The molecule has 0 radical (unpaired) electrons. The molecule has 1 N–H and O–H groups in total. The van der Waals surface area contributed by atoms with Crippen LogP contribution in [-0.4, -0.2) is 26.4 Å². The van der Waals surface area contributed by atoms with Gasteiger partial charge in [0.05, 0.1) is 19.8 Å². The van der Waals surface area contributed by atoms with Gasteiger partial charge in [0.1, 0.15) is 5.75 Å². The number of ether oxygens (including phenoxy) is 3. The van der Waals surface area contributed by atoms with Crippen molar-refractivity contribution >= 4 is 0 Å². The second kappa shape index (κ2) is 9.94. The Morgan fingerprint density at radius 3 is 2.52 bits per heavy atom. The molecule has 0 atom stereocenters. The van der Waals surface area contributed by atoms with E-state index in [9.17, 15) is 0 Å². The lowest BCUT2D eigenvalue weighted by Gasteiger charge is -2.16. The van der Waals surface area contributed by atoms with Crippen LogP contribution in [0, 0.1) is 0 Å². The first kappa shape index (κ1) is 19.1. The monoisotopic (exact) mass is 343 g/mol. The van der Waals surface area contributed by atoms with Crippen LogP contribution in [0.5, 0.6) is 17.2 Å². The molecular formula is C21H29NO3. The lowest BCUT2D eigenvalue weighted by molar-refractivity contribution is 0.223. The van der Waals surface area contributed by atoms with Gasteiger partial charge in [-0.25, -0.2) is 0 Å². The van der Waals surface area contributed by atoms with Gasteiger partial charge in [0.2, 0.25) is 0 Å². The predicted molar refractivity (Wildman–Crippen MR) is 102 cm³/mol. The maximum absolute atomic E-state index is 5.80. The predicted octanol–water partition coefficient (Wildman–Crippen LogP) is 4.21. The Hall–Kier alpha value is -2.20. The van der Waals surface area contributed by atoms with E-state index >= 15 is 0 Å². The number of benzene rings is 2. The Bertz CT molecular complexity index is 655. The molecule has 4 nitrogen and oxygen atoms in total. The minimum Gasteiger partial charge on any atom is -0.496 e. The molecule has 4 heteroatoms. The summed E-state index contributed by atoms with van der Waals surface area (Å²) in [5.41, 5.74) is 2.40. The SMILES string of the molecule is CCOc1cc(CNCCc2ccccc2OC)ccc1OC(C)C. The highest BCUT2D eigenvalue weighted by atomic mass is 16.5. The minimum absolute atomic E-state index is 0.129. The van der Waals surface area contributed by atoms with Gasteiger partial charge in [-0.1, -0.05) is 24.3 Å². The number of hydrogen-bond donors (Lipinski definition) is 1. The van der Waals surface area contributed by atoms with Gasteiger partial charge in [0.25, 0.3) is 0 Å². The Morgan fingerprint density at radius 2 is 1.80 bits per heavy atom. The topological polar surface area (TPSA) is 39.7 Å². The summed E-state index contributed by atoms with van der Waals surface area (Å²) >= 11 is 0. The van der Waals surface area contributed by atoms with Gasteiger partial charge in [0, 0.05) is 6.54 Å². The molecule has 25 heavy (non-hydrogen) atoms. The standard InChI is InChI=1S/C21H29NO3/c1-5-24-21-14-17(10-11-20(21)25-16(2)3)15-22-13-12-18-8-6-7-9-19(18)23-4/h6-11,14,16,22H,5,12-13,15H2,1-4H3. The molecule has 0 amide bonds. The van der Waals surface area contributed by atoms with Gasteiger partial charge >= 0.3 is 0 Å². The molecule has 0 saturated carbocycles. The van der Waals surface area contributed by atoms with Crippen molar-refractivity contribution < 1.29 is 14.2 Å². The number of para-hydroxylation sites is 1. The Kier molecular flexibility index (Phi) is 7.61. The van der Waals surface area contributed by atoms with Gasteiger partial charge in [-0.05, 0) is 63.1 Å². The Balaban J connectivity index is 1.90. The second-order valence-electron chi connectivity index (χ2n) is 6.12. The third kappa shape index (κ3) is 5.98. The molecule has 0 aromatic heterocycles. The highest BCUT2D eigenvalue weighted by Gasteiger charge is 2.08. The number of rotatable bonds is 10. The molecule has 0 fully saturated rings. The van der Waals surface area contributed by atoms with Gasteiger partial charge in [0.15, 0.2) is 11.5 Å². The zero-order valence-electron chi connectivity index (χ0n) is 15.7. The fourth-order valence-corrected chi connectivity index (χ4v) is 2.65. The lowest BCUT2D eigenvalue weighted by Crippen LogP contribution is -2.17. The van der Waals surface area contributed by atoms with Crippen LogP contribution in [0.25, 0.3) is 0 Å². The van der Waals surface area contributed by atoms with Crippen LogP contribution >= 0.6 is 0 Å². The zero-order chi connectivity index (χ0) is 18.1. The fraction of sp³-hybridized carbons (Fsp3) is 0.429. The molecule has 0 aliphatic rings. The van der Waals surface area contributed by atoms with Gasteiger partial charge in [-0.3, -0.25) is 0 Å². The van der Waals surface area contributed by atoms with Crippen LogP contribution in [0.4, 0.5) is 0 Å². The van der Waals surface area contributed by atoms with Crippen LogP contribution in [0.3, 0.4) is 0 Å². The molecule has 2 rings (SSSR count). The largest absolute Gasteiger partial charge is 0.496 e. The lowest BCUT2D eigenvalue weighted by atomic mass is 10.1. The summed E-state index contributed by atoms with van der Waals surface area (Å²) < 4.78 is 16.9. The molecule has 0 bridgehead atoms. The fourth-order valence-electron chi connectivity index (χ4n) is 2.65. The summed E-state index contributed by atoms with van der Waals surface area (Å²) in [6.07, 6.45) is 1.06. The molecular weight excluding hydrogens is 314 g/mol. The van der Waals surface area contributed by atoms with Crippen molar-refractivity contribution in [3.05, 3.63) is 53.6 Å². The van der Waals surface area contributed by atoms with E-state index in [1.54, 1.807) is 7.11 Å². The molecule has 2 aromatic rings. The number of methoxy groups -OCH3 is 1. The minimum atomic E-state index is 0.129. The van der Waals surface area contributed by atoms with Crippen LogP contribution in [0.1, 0.15) is 31.9 Å². The maximum atomic E-state index is 5.80. The van der Waals surface area contributed by atoms with Crippen molar-refractivity contribution in [2.75, 3.05) is 20.3 Å². The summed E-state index contributed by atoms with van der Waals surface area (Å²) in [7, 11) is 1.71. The quantitative estimate of drug-likeness (QED) is 0.656. The summed E-state index contributed by atoms with van der Waals surface area (Å²) in [6, 6.07) is 14.3. The van der Waals surface area contributed by atoms with E-state index in [1.807, 2.05) is 45.0 Å². The van der Waals surface area contributed by atoms with E-state index in [2.05, 4.69) is 23.5 Å². The molecule has 0 heterocycles. The number of hydrogen-bond acceptors (Lipinski definition) is 4. The Labute approximate surface area is 151 Å². The second-order valence-corrected chi connectivity index (χ2v) is 6.12. The summed E-state index contributed by atoms with van der Waals surface area (Å²) in [5.74, 6) is 2.55. The first-order chi connectivity index (χ1) is 12.1. The third-order valence-electron chi connectivity index (χ3n) is 3.76. The van der Waals surface area contributed by atoms with Gasteiger partial charge in [-0.2, -0.15) is 0 Å². The van der Waals surface area contributed by atoms with E-state index in [0.29, 0.717) is 6.61 Å². The molecule has 0 spiro atoms. The van der Waals surface area contributed by atoms with Crippen LogP contribution in [-0.2, 0) is 13.0 Å². The van der Waals surface area contributed by atoms with Crippen molar-refractivity contribution in [3.63, 3.8) is 0 Å². The van der Waals surface area contributed by atoms with Crippen molar-refractivity contribution in [3.8, 4) is 17.2 Å². The zero-order valence-corrected chi connectivity index (χ0v) is 15.7. The first-order valence-corrected chi connectivity index (χ1v) is 8.89. The smallest absolute Gasteiger partial charge is 0.161 e. The number of nitrogens with one attached hydrogen (secondary N) is 1. The average molecular weight is 343 g/mol. The molecule has 0 aliphatic heterocycles. The molecule has 0 saturated heterocycles. The van der Waals surface area contributed by atoms with E-state index in [-0.39, 0.29) is 6.10 Å². The normalized spacial score (nSPS) is 10.8. The molecule has 2 aromatic carbocycles. The van der Waals surface area contributed by atoms with Crippen molar-refractivity contribution in [1.82, 2.24) is 5.32 Å². The highest BCUT2D eigenvalue weighted by molar-refractivity contribution is 5.43. The average Bonchev–Trinajstić information content (AvgIpc) is 2.61. The van der Waals surface area contributed by atoms with Crippen molar-refractivity contribution in [2.24, 2.45) is 0 Å². The summed E-state index contributed by atoms with van der Waals surface area (Å²) in [6.45, 7) is 8.31. The van der Waals surface area contributed by atoms with E-state index in [0.717, 1.165) is 36.8 Å². The summed E-state index contributed by atoms with van der Waals surface area (Å²) in [4.78, 5) is 0. The Morgan fingerprint density at radius 1 is 1.00 bits per heavy atom. The third-order valence-corrected chi connectivity index (χ3v) is 3.76. The van der Waals surface area contributed by atoms with Gasteiger partial charge < -0.3 is 19.5 Å². The molecule has 0 aliphatic carbocycles. The molecule has 0 unspecified atom stereocenters. The van der Waals surface area contributed by atoms with Gasteiger partial charge in [-0.15, -0.1) is 0 Å². The first-order valence-electron chi connectivity index (χ1n) is 8.89. The van der Waals surface area contributed by atoms with Crippen LogP contribution < -0.4 is 19.5 Å². The summed E-state index contributed by atoms with van der Waals surface area (Å²) in [5, 5.41) is 3.48. The van der Waals surface area contributed by atoms with Crippen molar-refractivity contribution in [1.29, 1.82) is 0 Å². The maximum Gasteiger partial charge on any atom is 0.161 e. The van der Waals surface area contributed by atoms with E-state index < -0.39 is 0 Å². The van der Waals surface area contributed by atoms with E-state index in [1.165, 1.54) is 11.1 Å². The molecule has 136 valence electrons. The van der Waals surface area contributed by atoms with Crippen LogP contribution in [0.2, 0.25) is 0 Å². The highest BCUT2D eigenvalue weighted by Crippen LogP contribution is 2.29. The van der Waals surface area contributed by atoms with Crippen LogP contribution in [0.15, 0.2) is 42.5 Å². The van der Waals surface area contributed by atoms with Crippen molar-refractivity contribution in [2.45, 2.75) is 39.8 Å². The van der Waals surface area contributed by atoms with E-state index in [4.69, 9.17) is 14.2 Å².